The molecule has 1 atom stereocenters. The van der Waals surface area contributed by atoms with E-state index in [1.807, 2.05) is 19.1 Å². The van der Waals surface area contributed by atoms with Crippen LogP contribution >= 0.6 is 0 Å². The van der Waals surface area contributed by atoms with Crippen molar-refractivity contribution in [2.24, 2.45) is 0 Å². The molecule has 0 spiro atoms. The number of anilines is 1. The van der Waals surface area contributed by atoms with Crippen LogP contribution in [0.1, 0.15) is 24.9 Å². The van der Waals surface area contributed by atoms with Gasteiger partial charge in [-0.05, 0) is 37.6 Å². The first-order valence-corrected chi connectivity index (χ1v) is 12.2. The number of nitrogens with one attached hydrogen (secondary N) is 2. The molecule has 0 aliphatic carbocycles. The Kier molecular flexibility index (Phi) is 9.94. The van der Waals surface area contributed by atoms with Gasteiger partial charge in [-0.2, -0.15) is 0 Å². The van der Waals surface area contributed by atoms with Gasteiger partial charge in [-0.15, -0.1) is 0 Å². The summed E-state index contributed by atoms with van der Waals surface area (Å²) >= 11 is 0. The lowest BCUT2D eigenvalue weighted by Gasteiger charge is -2.19. The summed E-state index contributed by atoms with van der Waals surface area (Å²) in [6.07, 6.45) is 0.397. The molecule has 0 saturated carbocycles. The molecule has 2 aromatic carbocycles. The number of ether oxygens (including phenoxy) is 6. The fourth-order valence-electron chi connectivity index (χ4n) is 3.42. The van der Waals surface area contributed by atoms with Crippen molar-refractivity contribution in [3.05, 3.63) is 29.8 Å². The Morgan fingerprint density at radius 2 is 1.18 bits per heavy atom. The molecular weight excluding hydrogens is 464 g/mol. The summed E-state index contributed by atoms with van der Waals surface area (Å²) < 4.78 is 59.7. The Morgan fingerprint density at radius 1 is 0.735 bits per heavy atom. The van der Waals surface area contributed by atoms with Crippen LogP contribution in [0.3, 0.4) is 0 Å². The van der Waals surface area contributed by atoms with Crippen LogP contribution < -0.4 is 38.5 Å². The zero-order chi connectivity index (χ0) is 25.3. The third-order valence-corrected chi connectivity index (χ3v) is 6.54. The summed E-state index contributed by atoms with van der Waals surface area (Å²) in [5.41, 5.74) is 1.25. The van der Waals surface area contributed by atoms with Crippen LogP contribution in [0.5, 0.6) is 34.5 Å². The fourth-order valence-corrected chi connectivity index (χ4v) is 4.52. The maximum Gasteiger partial charge on any atom is 0.232 e. The van der Waals surface area contributed by atoms with Crippen LogP contribution in [0.2, 0.25) is 0 Å². The lowest BCUT2D eigenvalue weighted by Crippen LogP contribution is -2.24. The van der Waals surface area contributed by atoms with Crippen molar-refractivity contribution >= 4 is 15.7 Å². The Hall–Kier alpha value is -3.05. The fraction of sp³-hybridized carbons (Fsp3) is 0.478. The van der Waals surface area contributed by atoms with E-state index in [2.05, 4.69) is 10.0 Å². The second-order valence-corrected chi connectivity index (χ2v) is 9.16. The van der Waals surface area contributed by atoms with Crippen LogP contribution in [0.4, 0.5) is 5.69 Å². The Morgan fingerprint density at radius 3 is 1.59 bits per heavy atom. The van der Waals surface area contributed by atoms with Crippen molar-refractivity contribution in [1.82, 2.24) is 5.32 Å². The molecule has 0 aliphatic heterocycles. The number of hydrogen-bond donors (Lipinski definition) is 2. The standard InChI is InChI=1S/C23H34N2O8S/c1-15(16-11-18(28-2)22(32-6)19(12-16)29-3)24-9-8-10-34(26,27)25-17-13-20(30-4)23(33-7)21(14-17)31-5/h11-15,24-25H,8-10H2,1-7H3. The third kappa shape index (κ3) is 6.73. The monoisotopic (exact) mass is 498 g/mol. The zero-order valence-electron chi connectivity index (χ0n) is 20.7. The van der Waals surface area contributed by atoms with Gasteiger partial charge in [0.15, 0.2) is 23.0 Å². The predicted octanol–water partition coefficient (Wildman–Crippen LogP) is 3.22. The van der Waals surface area contributed by atoms with Crippen molar-refractivity contribution in [2.45, 2.75) is 19.4 Å². The Balaban J connectivity index is 1.99. The molecule has 2 aromatic rings. The van der Waals surface area contributed by atoms with Gasteiger partial charge >= 0.3 is 0 Å². The van der Waals surface area contributed by atoms with E-state index in [1.54, 1.807) is 33.5 Å². The topological polar surface area (TPSA) is 114 Å². The lowest BCUT2D eigenvalue weighted by atomic mass is 10.1. The molecule has 0 heterocycles. The highest BCUT2D eigenvalue weighted by Gasteiger charge is 2.18. The van der Waals surface area contributed by atoms with E-state index >= 15 is 0 Å². The normalized spacial score (nSPS) is 12.0. The number of rotatable bonds is 14. The van der Waals surface area contributed by atoms with E-state index in [4.69, 9.17) is 28.4 Å². The minimum absolute atomic E-state index is 0.0699. The van der Waals surface area contributed by atoms with Gasteiger partial charge in [0, 0.05) is 18.2 Å². The van der Waals surface area contributed by atoms with Crippen molar-refractivity contribution in [3.63, 3.8) is 0 Å². The van der Waals surface area contributed by atoms with Crippen LogP contribution in [0.15, 0.2) is 24.3 Å². The minimum Gasteiger partial charge on any atom is -0.493 e. The molecule has 0 aromatic heterocycles. The zero-order valence-corrected chi connectivity index (χ0v) is 21.5. The van der Waals surface area contributed by atoms with Crippen LogP contribution in [0, 0.1) is 0 Å². The second kappa shape index (κ2) is 12.4. The summed E-state index contributed by atoms with van der Waals surface area (Å²) in [5, 5.41) is 3.33. The van der Waals surface area contributed by atoms with Crippen molar-refractivity contribution < 1.29 is 36.8 Å². The molecular formula is C23H34N2O8S. The summed E-state index contributed by atoms with van der Waals surface area (Å²) in [6.45, 7) is 2.46. The van der Waals surface area contributed by atoms with Crippen LogP contribution in [-0.4, -0.2) is 63.4 Å². The molecule has 2 N–H and O–H groups in total. The van der Waals surface area contributed by atoms with Gasteiger partial charge in [0.25, 0.3) is 0 Å². The first-order chi connectivity index (χ1) is 16.2. The van der Waals surface area contributed by atoms with Gasteiger partial charge in [0.05, 0.1) is 54.1 Å². The molecule has 0 radical (unpaired) electrons. The lowest BCUT2D eigenvalue weighted by molar-refractivity contribution is 0.323. The van der Waals surface area contributed by atoms with E-state index in [9.17, 15) is 8.42 Å². The molecule has 10 nitrogen and oxygen atoms in total. The number of sulfonamides is 1. The predicted molar refractivity (Wildman–Crippen MR) is 131 cm³/mol. The SMILES string of the molecule is COc1cc(NS(=O)(=O)CCCNC(C)c2cc(OC)c(OC)c(OC)c2)cc(OC)c1OC. The molecule has 0 saturated heterocycles. The maximum atomic E-state index is 12.6. The largest absolute Gasteiger partial charge is 0.493 e. The van der Waals surface area contributed by atoms with E-state index in [1.165, 1.54) is 21.3 Å². The van der Waals surface area contributed by atoms with Gasteiger partial charge in [-0.3, -0.25) is 4.72 Å². The average Bonchev–Trinajstić information content (AvgIpc) is 2.84. The maximum absolute atomic E-state index is 12.6. The van der Waals surface area contributed by atoms with Crippen molar-refractivity contribution in [2.75, 3.05) is 59.7 Å². The van der Waals surface area contributed by atoms with Gasteiger partial charge in [-0.1, -0.05) is 0 Å². The summed E-state index contributed by atoms with van der Waals surface area (Å²) in [6, 6.07) is 6.75. The molecule has 1 unspecified atom stereocenters. The van der Waals surface area contributed by atoms with E-state index < -0.39 is 10.0 Å². The van der Waals surface area contributed by atoms with E-state index in [0.29, 0.717) is 53.2 Å². The number of methoxy groups -OCH3 is 6. The highest BCUT2D eigenvalue weighted by Crippen LogP contribution is 2.41. The quantitative estimate of drug-likeness (QED) is 0.379. The summed E-state index contributed by atoms with van der Waals surface area (Å²) in [5.74, 6) is 2.67. The second-order valence-electron chi connectivity index (χ2n) is 7.32. The van der Waals surface area contributed by atoms with Gasteiger partial charge < -0.3 is 33.7 Å². The molecule has 190 valence electrons. The molecule has 34 heavy (non-hydrogen) atoms. The first kappa shape index (κ1) is 27.2. The number of benzene rings is 2. The number of hydrogen-bond acceptors (Lipinski definition) is 9. The summed E-state index contributed by atoms with van der Waals surface area (Å²) in [4.78, 5) is 0. The molecule has 0 bridgehead atoms. The van der Waals surface area contributed by atoms with Gasteiger partial charge in [0.2, 0.25) is 21.5 Å². The van der Waals surface area contributed by atoms with E-state index in [-0.39, 0.29) is 11.8 Å². The average molecular weight is 499 g/mol. The van der Waals surface area contributed by atoms with Gasteiger partial charge in [0.1, 0.15) is 0 Å². The summed E-state index contributed by atoms with van der Waals surface area (Å²) in [7, 11) is 5.50. The molecule has 2 rings (SSSR count). The van der Waals surface area contributed by atoms with Crippen LogP contribution in [-0.2, 0) is 10.0 Å². The smallest absolute Gasteiger partial charge is 0.232 e. The highest BCUT2D eigenvalue weighted by atomic mass is 32.2. The highest BCUT2D eigenvalue weighted by molar-refractivity contribution is 7.92. The Bertz CT molecular complexity index is 1010. The molecule has 0 amide bonds. The van der Waals surface area contributed by atoms with Crippen LogP contribution in [0.25, 0.3) is 0 Å². The first-order valence-electron chi connectivity index (χ1n) is 10.6. The molecule has 11 heteroatoms. The van der Waals surface area contributed by atoms with E-state index in [0.717, 1.165) is 5.56 Å². The van der Waals surface area contributed by atoms with Crippen molar-refractivity contribution in [3.8, 4) is 34.5 Å². The minimum atomic E-state index is -3.60. The van der Waals surface area contributed by atoms with Gasteiger partial charge in [-0.25, -0.2) is 8.42 Å². The molecule has 0 fully saturated rings. The third-order valence-electron chi connectivity index (χ3n) is 5.17. The van der Waals surface area contributed by atoms with Crippen molar-refractivity contribution in [1.29, 1.82) is 0 Å². The molecule has 0 aliphatic rings. The Labute approximate surface area is 201 Å².